The maximum absolute atomic E-state index is 12.5. The van der Waals surface area contributed by atoms with Gasteiger partial charge in [0, 0.05) is 0 Å². The van der Waals surface area contributed by atoms with Crippen LogP contribution in [0.1, 0.15) is 29.9 Å². The largest absolute Gasteiger partial charge is 0.481 e. The molecule has 1 saturated heterocycles. The Kier molecular flexibility index (Phi) is 4.32. The zero-order valence-electron chi connectivity index (χ0n) is 10.8. The van der Waals surface area contributed by atoms with E-state index in [-0.39, 0.29) is 5.92 Å². The lowest BCUT2D eigenvalue weighted by Crippen LogP contribution is -2.33. The van der Waals surface area contributed by atoms with Crippen molar-refractivity contribution in [1.82, 2.24) is 5.32 Å². The van der Waals surface area contributed by atoms with Gasteiger partial charge in [-0.25, -0.2) is 0 Å². The molecule has 2 N–H and O–H groups in total. The molecular formula is C14H16F3NO2. The van der Waals surface area contributed by atoms with E-state index in [9.17, 15) is 23.1 Å². The normalized spacial score (nSPS) is 18.8. The molecule has 1 aliphatic rings. The quantitative estimate of drug-likeness (QED) is 0.898. The third kappa shape index (κ3) is 3.30. The number of nitrogens with one attached hydrogen (secondary N) is 1. The molecule has 1 aliphatic heterocycles. The molecule has 0 radical (unpaired) electrons. The highest BCUT2D eigenvalue weighted by atomic mass is 19.4. The van der Waals surface area contributed by atoms with Crippen LogP contribution < -0.4 is 5.32 Å². The number of benzene rings is 1. The average molecular weight is 287 g/mol. The van der Waals surface area contributed by atoms with Crippen LogP contribution in [0.4, 0.5) is 13.2 Å². The highest BCUT2D eigenvalue weighted by Crippen LogP contribution is 2.34. The lowest BCUT2D eigenvalue weighted by atomic mass is 9.80. The summed E-state index contributed by atoms with van der Waals surface area (Å²) in [5.41, 5.74) is -0.312. The summed E-state index contributed by atoms with van der Waals surface area (Å²) in [5, 5.41) is 12.5. The molecule has 0 aliphatic carbocycles. The minimum Gasteiger partial charge on any atom is -0.481 e. The summed E-state index contributed by atoms with van der Waals surface area (Å²) in [6.07, 6.45) is -2.96. The van der Waals surface area contributed by atoms with Crippen molar-refractivity contribution in [3.8, 4) is 0 Å². The van der Waals surface area contributed by atoms with Crippen LogP contribution in [-0.2, 0) is 11.0 Å². The average Bonchev–Trinajstić information content (AvgIpc) is 2.39. The molecule has 1 unspecified atom stereocenters. The van der Waals surface area contributed by atoms with Crippen molar-refractivity contribution in [2.45, 2.75) is 24.9 Å². The van der Waals surface area contributed by atoms with Crippen LogP contribution in [0.15, 0.2) is 24.3 Å². The first-order chi connectivity index (χ1) is 9.39. The lowest BCUT2D eigenvalue weighted by Gasteiger charge is -2.28. The second kappa shape index (κ2) is 5.83. The van der Waals surface area contributed by atoms with Crippen molar-refractivity contribution in [3.05, 3.63) is 35.4 Å². The molecule has 1 aromatic carbocycles. The Labute approximate surface area is 114 Å². The Morgan fingerprint density at radius 3 is 2.20 bits per heavy atom. The molecule has 0 amide bonds. The molecule has 0 aromatic heterocycles. The molecule has 6 heteroatoms. The smallest absolute Gasteiger partial charge is 0.416 e. The first kappa shape index (κ1) is 14.8. The monoisotopic (exact) mass is 287 g/mol. The van der Waals surface area contributed by atoms with Crippen LogP contribution in [0.2, 0.25) is 0 Å². The topological polar surface area (TPSA) is 49.3 Å². The predicted molar refractivity (Wildman–Crippen MR) is 67.4 cm³/mol. The number of carboxylic acid groups (broad SMARTS) is 1. The van der Waals surface area contributed by atoms with Gasteiger partial charge in [0.05, 0.1) is 11.5 Å². The van der Waals surface area contributed by atoms with Gasteiger partial charge in [0.15, 0.2) is 0 Å². The zero-order chi connectivity index (χ0) is 14.8. The number of hydrogen-bond acceptors (Lipinski definition) is 2. The van der Waals surface area contributed by atoms with Crippen molar-refractivity contribution in [3.63, 3.8) is 0 Å². The SMILES string of the molecule is O=C(O)C(c1ccc(C(F)(F)F)cc1)C1CCNCC1. The predicted octanol–water partition coefficient (Wildman–Crippen LogP) is 2.87. The maximum Gasteiger partial charge on any atom is 0.416 e. The van der Waals surface area contributed by atoms with Crippen molar-refractivity contribution in [2.24, 2.45) is 5.92 Å². The van der Waals surface area contributed by atoms with Crippen molar-refractivity contribution < 1.29 is 23.1 Å². The van der Waals surface area contributed by atoms with E-state index in [1.165, 1.54) is 12.1 Å². The van der Waals surface area contributed by atoms with Gasteiger partial charge in [-0.3, -0.25) is 4.79 Å². The summed E-state index contributed by atoms with van der Waals surface area (Å²) in [4.78, 5) is 11.4. The van der Waals surface area contributed by atoms with Crippen LogP contribution in [0.25, 0.3) is 0 Å². The highest BCUT2D eigenvalue weighted by molar-refractivity contribution is 5.76. The Balaban J connectivity index is 2.23. The fourth-order valence-corrected chi connectivity index (χ4v) is 2.67. The maximum atomic E-state index is 12.5. The molecule has 1 aromatic rings. The van der Waals surface area contributed by atoms with Crippen LogP contribution in [0.3, 0.4) is 0 Å². The molecule has 0 saturated carbocycles. The first-order valence-electron chi connectivity index (χ1n) is 6.50. The third-order valence-electron chi connectivity index (χ3n) is 3.72. The number of rotatable bonds is 3. The number of piperidine rings is 1. The summed E-state index contributed by atoms with van der Waals surface area (Å²) < 4.78 is 37.5. The van der Waals surface area contributed by atoms with Crippen molar-refractivity contribution >= 4 is 5.97 Å². The van der Waals surface area contributed by atoms with Gasteiger partial charge in [-0.2, -0.15) is 13.2 Å². The van der Waals surface area contributed by atoms with Gasteiger partial charge in [-0.05, 0) is 49.5 Å². The number of alkyl halides is 3. The summed E-state index contributed by atoms with van der Waals surface area (Å²) >= 11 is 0. The summed E-state index contributed by atoms with van der Waals surface area (Å²) in [6, 6.07) is 4.46. The lowest BCUT2D eigenvalue weighted by molar-refractivity contribution is -0.140. The van der Waals surface area contributed by atoms with Crippen LogP contribution in [-0.4, -0.2) is 24.2 Å². The van der Waals surface area contributed by atoms with E-state index >= 15 is 0 Å². The van der Waals surface area contributed by atoms with Gasteiger partial charge in [-0.15, -0.1) is 0 Å². The summed E-state index contributed by atoms with van der Waals surface area (Å²) in [5.74, 6) is -1.75. The molecule has 0 spiro atoms. The minimum absolute atomic E-state index is 0.0366. The first-order valence-corrected chi connectivity index (χ1v) is 6.50. The van der Waals surface area contributed by atoms with Crippen molar-refractivity contribution in [2.75, 3.05) is 13.1 Å². The molecule has 2 rings (SSSR count). The molecular weight excluding hydrogens is 271 g/mol. The fourth-order valence-electron chi connectivity index (χ4n) is 2.67. The fraction of sp³-hybridized carbons (Fsp3) is 0.500. The molecule has 0 bridgehead atoms. The van der Waals surface area contributed by atoms with Crippen LogP contribution in [0.5, 0.6) is 0 Å². The Morgan fingerprint density at radius 2 is 1.75 bits per heavy atom. The second-order valence-electron chi connectivity index (χ2n) is 5.02. The number of carboxylic acids is 1. The Morgan fingerprint density at radius 1 is 1.20 bits per heavy atom. The van der Waals surface area contributed by atoms with Crippen LogP contribution >= 0.6 is 0 Å². The summed E-state index contributed by atoms with van der Waals surface area (Å²) in [6.45, 7) is 1.49. The Bertz CT molecular complexity index is 464. The van der Waals surface area contributed by atoms with Gasteiger partial charge >= 0.3 is 12.1 Å². The second-order valence-corrected chi connectivity index (χ2v) is 5.02. The number of carbonyl (C=O) groups is 1. The van der Waals surface area contributed by atoms with Gasteiger partial charge in [0.25, 0.3) is 0 Å². The molecule has 1 heterocycles. The minimum atomic E-state index is -4.40. The standard InChI is InChI=1S/C14H16F3NO2/c15-14(16,17)11-3-1-9(2-4-11)12(13(19)20)10-5-7-18-8-6-10/h1-4,10,12,18H,5-8H2,(H,19,20). The molecule has 110 valence electrons. The van der Waals surface area contributed by atoms with E-state index in [1.54, 1.807) is 0 Å². The van der Waals surface area contributed by atoms with Gasteiger partial charge in [0.1, 0.15) is 0 Å². The van der Waals surface area contributed by atoms with E-state index in [1.807, 2.05) is 0 Å². The molecule has 3 nitrogen and oxygen atoms in total. The van der Waals surface area contributed by atoms with Gasteiger partial charge < -0.3 is 10.4 Å². The zero-order valence-corrected chi connectivity index (χ0v) is 10.8. The summed E-state index contributed by atoms with van der Waals surface area (Å²) in [7, 11) is 0. The molecule has 20 heavy (non-hydrogen) atoms. The van der Waals surface area contributed by atoms with Gasteiger partial charge in [-0.1, -0.05) is 12.1 Å². The van der Waals surface area contributed by atoms with E-state index in [0.29, 0.717) is 5.56 Å². The van der Waals surface area contributed by atoms with Crippen LogP contribution in [0, 0.1) is 5.92 Å². The number of hydrogen-bond donors (Lipinski definition) is 2. The van der Waals surface area contributed by atoms with E-state index in [4.69, 9.17) is 0 Å². The van der Waals surface area contributed by atoms with E-state index in [2.05, 4.69) is 5.32 Å². The van der Waals surface area contributed by atoms with E-state index < -0.39 is 23.6 Å². The van der Waals surface area contributed by atoms with Crippen molar-refractivity contribution in [1.29, 1.82) is 0 Å². The highest BCUT2D eigenvalue weighted by Gasteiger charge is 2.33. The molecule has 1 atom stereocenters. The number of halogens is 3. The molecule has 1 fully saturated rings. The van der Waals surface area contributed by atoms with E-state index in [0.717, 1.165) is 38.1 Å². The number of aliphatic carboxylic acids is 1. The van der Waals surface area contributed by atoms with Gasteiger partial charge in [0.2, 0.25) is 0 Å². The third-order valence-corrected chi connectivity index (χ3v) is 3.72. The Hall–Kier alpha value is -1.56.